The zero-order chi connectivity index (χ0) is 12.3. The van der Waals surface area contributed by atoms with Gasteiger partial charge in [-0.15, -0.1) is 0 Å². The van der Waals surface area contributed by atoms with Gasteiger partial charge >= 0.3 is 0 Å². The molecule has 2 rings (SSSR count). The highest BCUT2D eigenvalue weighted by molar-refractivity contribution is 9.10. The van der Waals surface area contributed by atoms with Crippen molar-refractivity contribution >= 4 is 31.9 Å². The number of rotatable bonds is 3. The predicted octanol–water partition coefficient (Wildman–Crippen LogP) is 4.84. The molecule has 88 valence electrons. The lowest BCUT2D eigenvalue weighted by atomic mass is 10.2. The van der Waals surface area contributed by atoms with E-state index in [1.54, 1.807) is 6.20 Å². The maximum absolute atomic E-state index is 5.87. The fourth-order valence-electron chi connectivity index (χ4n) is 1.45. The van der Waals surface area contributed by atoms with Crippen LogP contribution in [0.15, 0.2) is 41.0 Å². The lowest BCUT2D eigenvalue weighted by Crippen LogP contribution is -1.92. The first-order chi connectivity index (χ1) is 8.20. The monoisotopic (exact) mass is 355 g/mol. The third kappa shape index (κ3) is 3.07. The Hall–Kier alpha value is -0.870. The zero-order valence-electron chi connectivity index (χ0n) is 9.28. The molecule has 1 heterocycles. The molecule has 2 nitrogen and oxygen atoms in total. The first-order valence-corrected chi connectivity index (χ1v) is 7.06. The minimum atomic E-state index is 0.751. The first kappa shape index (κ1) is 12.6. The normalized spacial score (nSPS) is 10.3. The number of pyridine rings is 1. The van der Waals surface area contributed by atoms with Crippen molar-refractivity contribution in [2.75, 3.05) is 0 Å². The molecule has 1 aromatic carbocycles. The highest BCUT2D eigenvalue weighted by Gasteiger charge is 2.06. The summed E-state index contributed by atoms with van der Waals surface area (Å²) in [5.41, 5.74) is 1.98. The van der Waals surface area contributed by atoms with Crippen LogP contribution in [-0.4, -0.2) is 4.98 Å². The number of aromatic nitrogens is 1. The Kier molecular flexibility index (Phi) is 4.18. The summed E-state index contributed by atoms with van der Waals surface area (Å²) in [7, 11) is 0. The smallest absolute Gasteiger partial charge is 0.148 e. The quantitative estimate of drug-likeness (QED) is 0.734. The summed E-state index contributed by atoms with van der Waals surface area (Å²) in [6.45, 7) is 1.93. The van der Waals surface area contributed by atoms with Crippen LogP contribution in [0.2, 0.25) is 0 Å². The summed E-state index contributed by atoms with van der Waals surface area (Å²) in [6.07, 6.45) is 1.76. The van der Waals surface area contributed by atoms with Crippen molar-refractivity contribution < 1.29 is 4.74 Å². The summed E-state index contributed by atoms with van der Waals surface area (Å²) in [6, 6.07) is 9.74. The molecule has 0 N–H and O–H groups in total. The van der Waals surface area contributed by atoms with E-state index in [4.69, 9.17) is 4.74 Å². The van der Waals surface area contributed by atoms with Crippen LogP contribution < -0.4 is 4.74 Å². The first-order valence-electron chi connectivity index (χ1n) is 5.14. The van der Waals surface area contributed by atoms with Crippen molar-refractivity contribution in [2.45, 2.75) is 12.3 Å². The van der Waals surface area contributed by atoms with Gasteiger partial charge < -0.3 is 4.74 Å². The summed E-state index contributed by atoms with van der Waals surface area (Å²) in [5.74, 6) is 1.64. The topological polar surface area (TPSA) is 22.1 Å². The van der Waals surface area contributed by atoms with E-state index in [1.807, 2.05) is 37.3 Å². The molecule has 0 fully saturated rings. The average molecular weight is 357 g/mol. The molecule has 0 amide bonds. The molecule has 1 aromatic heterocycles. The number of aryl methyl sites for hydroxylation is 1. The Morgan fingerprint density at radius 3 is 2.76 bits per heavy atom. The lowest BCUT2D eigenvalue weighted by Gasteiger charge is -2.11. The van der Waals surface area contributed by atoms with Gasteiger partial charge in [0, 0.05) is 21.6 Å². The van der Waals surface area contributed by atoms with E-state index in [9.17, 15) is 0 Å². The number of benzene rings is 1. The van der Waals surface area contributed by atoms with Gasteiger partial charge in [-0.05, 0) is 37.3 Å². The number of ether oxygens (including phenoxy) is 1. The molecule has 0 aliphatic carbocycles. The van der Waals surface area contributed by atoms with E-state index in [-0.39, 0.29) is 0 Å². The van der Waals surface area contributed by atoms with Crippen molar-refractivity contribution in [3.8, 4) is 11.5 Å². The van der Waals surface area contributed by atoms with Crippen LogP contribution in [0.4, 0.5) is 0 Å². The van der Waals surface area contributed by atoms with Gasteiger partial charge in [0.15, 0.2) is 0 Å². The molecule has 0 aliphatic rings. The van der Waals surface area contributed by atoms with Crippen LogP contribution in [0.1, 0.15) is 11.3 Å². The van der Waals surface area contributed by atoms with E-state index >= 15 is 0 Å². The fraction of sp³-hybridized carbons (Fsp3) is 0.154. The van der Waals surface area contributed by atoms with Crippen molar-refractivity contribution in [3.05, 3.63) is 52.3 Å². The number of alkyl halides is 1. The second-order valence-corrected chi connectivity index (χ2v) is 5.05. The molecule has 0 radical (unpaired) electrons. The minimum Gasteiger partial charge on any atom is -0.455 e. The molecule has 4 heteroatoms. The van der Waals surface area contributed by atoms with Gasteiger partial charge in [-0.1, -0.05) is 31.9 Å². The number of nitrogens with zero attached hydrogens (tertiary/aromatic N) is 1. The van der Waals surface area contributed by atoms with Gasteiger partial charge in [0.05, 0.1) is 5.69 Å². The van der Waals surface area contributed by atoms with Crippen LogP contribution in [0.3, 0.4) is 0 Å². The maximum atomic E-state index is 5.87. The van der Waals surface area contributed by atoms with Crippen LogP contribution in [-0.2, 0) is 5.33 Å². The highest BCUT2D eigenvalue weighted by atomic mass is 79.9. The van der Waals surface area contributed by atoms with Crippen LogP contribution in [0.25, 0.3) is 0 Å². The van der Waals surface area contributed by atoms with Crippen LogP contribution >= 0.6 is 31.9 Å². The molecule has 0 saturated carbocycles. The van der Waals surface area contributed by atoms with E-state index < -0.39 is 0 Å². The van der Waals surface area contributed by atoms with Gasteiger partial charge in [-0.2, -0.15) is 0 Å². The van der Waals surface area contributed by atoms with Crippen molar-refractivity contribution in [2.24, 2.45) is 0 Å². The molecule has 0 spiro atoms. The Balaban J connectivity index is 2.33. The van der Waals surface area contributed by atoms with E-state index in [0.29, 0.717) is 0 Å². The average Bonchev–Trinajstić information content (AvgIpc) is 2.34. The second-order valence-electron chi connectivity index (χ2n) is 3.57. The molecule has 0 unspecified atom stereocenters. The number of halogens is 2. The maximum Gasteiger partial charge on any atom is 0.148 e. The predicted molar refractivity (Wildman–Crippen MR) is 75.8 cm³/mol. The standard InChI is InChI=1S/C13H11Br2NO/c1-9-12(3-2-6-16-9)17-13-5-4-11(15)7-10(13)8-14/h2-7H,8H2,1H3. The lowest BCUT2D eigenvalue weighted by molar-refractivity contribution is 0.471. The van der Waals surface area contributed by atoms with Crippen molar-refractivity contribution in [3.63, 3.8) is 0 Å². The Labute approximate surface area is 117 Å². The molecule has 2 aromatic rings. The largest absolute Gasteiger partial charge is 0.455 e. The van der Waals surface area contributed by atoms with E-state index in [1.165, 1.54) is 0 Å². The molecule has 17 heavy (non-hydrogen) atoms. The molecule has 0 bridgehead atoms. The summed E-state index contributed by atoms with van der Waals surface area (Å²) in [5, 5.41) is 0.751. The van der Waals surface area contributed by atoms with E-state index in [2.05, 4.69) is 36.8 Å². The summed E-state index contributed by atoms with van der Waals surface area (Å²) >= 11 is 6.91. The van der Waals surface area contributed by atoms with Gasteiger partial charge in [0.1, 0.15) is 11.5 Å². The molecular weight excluding hydrogens is 346 g/mol. The van der Waals surface area contributed by atoms with Gasteiger partial charge in [-0.3, -0.25) is 4.98 Å². The van der Waals surface area contributed by atoms with Crippen LogP contribution in [0.5, 0.6) is 11.5 Å². The molecule has 0 atom stereocenters. The SMILES string of the molecule is Cc1ncccc1Oc1ccc(Br)cc1CBr. The summed E-state index contributed by atoms with van der Waals surface area (Å²) in [4.78, 5) is 4.20. The van der Waals surface area contributed by atoms with Crippen molar-refractivity contribution in [1.29, 1.82) is 0 Å². The molecular formula is C13H11Br2NO. The van der Waals surface area contributed by atoms with Gasteiger partial charge in [0.25, 0.3) is 0 Å². The Bertz CT molecular complexity index is 529. The number of hydrogen-bond donors (Lipinski definition) is 0. The third-order valence-electron chi connectivity index (χ3n) is 2.34. The zero-order valence-corrected chi connectivity index (χ0v) is 12.5. The van der Waals surface area contributed by atoms with Gasteiger partial charge in [-0.25, -0.2) is 0 Å². The van der Waals surface area contributed by atoms with E-state index in [0.717, 1.165) is 32.6 Å². The third-order valence-corrected chi connectivity index (χ3v) is 3.44. The minimum absolute atomic E-state index is 0.751. The fourth-order valence-corrected chi connectivity index (χ4v) is 2.29. The van der Waals surface area contributed by atoms with Gasteiger partial charge in [0.2, 0.25) is 0 Å². The van der Waals surface area contributed by atoms with Crippen LogP contribution in [0, 0.1) is 6.92 Å². The Morgan fingerprint density at radius 1 is 1.24 bits per heavy atom. The second kappa shape index (κ2) is 5.65. The Morgan fingerprint density at radius 2 is 2.06 bits per heavy atom. The highest BCUT2D eigenvalue weighted by Crippen LogP contribution is 2.30. The molecule has 0 saturated heterocycles. The molecule has 0 aliphatic heterocycles. The summed E-state index contributed by atoms with van der Waals surface area (Å²) < 4.78 is 6.92. The van der Waals surface area contributed by atoms with Crippen molar-refractivity contribution in [1.82, 2.24) is 4.98 Å². The number of hydrogen-bond acceptors (Lipinski definition) is 2.